The number of aromatic amines is 1. The largest absolute Gasteiger partial charge is 0.497 e. The number of ether oxygens (including phenoxy) is 2. The molecule has 31 heavy (non-hydrogen) atoms. The first-order valence-electron chi connectivity index (χ1n) is 10.0. The molecule has 0 aliphatic heterocycles. The maximum Gasteiger partial charge on any atom is 0.255 e. The van der Waals surface area contributed by atoms with Crippen molar-refractivity contribution < 1.29 is 14.3 Å². The van der Waals surface area contributed by atoms with Crippen LogP contribution < -0.4 is 14.8 Å². The molecule has 0 aliphatic rings. The molecule has 0 radical (unpaired) electrons. The van der Waals surface area contributed by atoms with Crippen molar-refractivity contribution in [2.24, 2.45) is 0 Å². The van der Waals surface area contributed by atoms with Gasteiger partial charge in [-0.3, -0.25) is 4.79 Å². The molecule has 2 heterocycles. The van der Waals surface area contributed by atoms with Crippen molar-refractivity contribution in [2.75, 3.05) is 7.11 Å². The van der Waals surface area contributed by atoms with Crippen molar-refractivity contribution in [3.63, 3.8) is 0 Å². The molecular weight excluding hydrogens is 392 g/mol. The molecule has 7 nitrogen and oxygen atoms in total. The number of fused-ring (bicyclic) bond motifs is 1. The van der Waals surface area contributed by atoms with Gasteiger partial charge in [0, 0.05) is 17.8 Å². The van der Waals surface area contributed by atoms with Crippen LogP contribution in [0, 0.1) is 0 Å². The van der Waals surface area contributed by atoms with E-state index < -0.39 is 0 Å². The van der Waals surface area contributed by atoms with Gasteiger partial charge in [-0.05, 0) is 43.7 Å². The predicted octanol–water partition coefficient (Wildman–Crippen LogP) is 4.35. The summed E-state index contributed by atoms with van der Waals surface area (Å²) >= 11 is 0. The highest BCUT2D eigenvalue weighted by Gasteiger charge is 2.16. The molecule has 1 amide bonds. The quantitative estimate of drug-likeness (QED) is 0.468. The first-order valence-corrected chi connectivity index (χ1v) is 10.0. The lowest BCUT2D eigenvalue weighted by Crippen LogP contribution is -2.29. The summed E-state index contributed by atoms with van der Waals surface area (Å²) in [5.74, 6) is 1.36. The molecule has 0 bridgehead atoms. The Labute approximate surface area is 180 Å². The molecule has 7 heteroatoms. The number of H-pyrrole nitrogens is 1. The second-order valence-electron chi connectivity index (χ2n) is 7.45. The second-order valence-corrected chi connectivity index (χ2v) is 7.45. The number of benzene rings is 2. The van der Waals surface area contributed by atoms with E-state index in [9.17, 15) is 4.79 Å². The minimum Gasteiger partial charge on any atom is -0.497 e. The van der Waals surface area contributed by atoms with Gasteiger partial charge < -0.3 is 19.8 Å². The van der Waals surface area contributed by atoms with Gasteiger partial charge in [0.2, 0.25) is 0 Å². The fourth-order valence-corrected chi connectivity index (χ4v) is 3.18. The Bertz CT molecular complexity index is 1200. The standard InChI is InChI=1S/C24H24N4O3/c1-15(2)27-24(29)20-12-25-23-22(20)28-21(13-26-23)17-5-4-6-19(11-17)31-14-16-7-9-18(30-3)10-8-16/h4-13,15H,14H2,1-3H3,(H,25,26)(H,27,29). The molecular formula is C24H24N4O3. The Morgan fingerprint density at radius 2 is 1.94 bits per heavy atom. The van der Waals surface area contributed by atoms with Crippen molar-refractivity contribution in [1.82, 2.24) is 20.3 Å². The molecule has 158 valence electrons. The summed E-state index contributed by atoms with van der Waals surface area (Å²) < 4.78 is 11.1. The minimum absolute atomic E-state index is 0.0353. The van der Waals surface area contributed by atoms with E-state index in [2.05, 4.69) is 20.3 Å². The number of nitrogens with zero attached hydrogens (tertiary/aromatic N) is 2. The Morgan fingerprint density at radius 3 is 2.68 bits per heavy atom. The zero-order chi connectivity index (χ0) is 21.8. The van der Waals surface area contributed by atoms with Gasteiger partial charge in [0.25, 0.3) is 5.91 Å². The van der Waals surface area contributed by atoms with Gasteiger partial charge in [0.1, 0.15) is 23.6 Å². The maximum atomic E-state index is 12.5. The van der Waals surface area contributed by atoms with Gasteiger partial charge in [0.15, 0.2) is 5.65 Å². The zero-order valence-electron chi connectivity index (χ0n) is 17.7. The normalized spacial score (nSPS) is 11.0. The van der Waals surface area contributed by atoms with E-state index in [1.54, 1.807) is 19.5 Å². The van der Waals surface area contributed by atoms with Gasteiger partial charge in [-0.15, -0.1) is 0 Å². The number of aromatic nitrogens is 3. The smallest absolute Gasteiger partial charge is 0.255 e. The van der Waals surface area contributed by atoms with Crippen LogP contribution >= 0.6 is 0 Å². The lowest BCUT2D eigenvalue weighted by atomic mass is 10.1. The van der Waals surface area contributed by atoms with Crippen LogP contribution in [0.4, 0.5) is 0 Å². The van der Waals surface area contributed by atoms with E-state index in [0.717, 1.165) is 22.6 Å². The predicted molar refractivity (Wildman–Crippen MR) is 119 cm³/mol. The highest BCUT2D eigenvalue weighted by atomic mass is 16.5. The van der Waals surface area contributed by atoms with E-state index in [4.69, 9.17) is 9.47 Å². The van der Waals surface area contributed by atoms with Gasteiger partial charge in [0.05, 0.1) is 24.6 Å². The van der Waals surface area contributed by atoms with E-state index >= 15 is 0 Å². The number of rotatable bonds is 7. The summed E-state index contributed by atoms with van der Waals surface area (Å²) in [6.45, 7) is 4.28. The summed E-state index contributed by atoms with van der Waals surface area (Å²) in [7, 11) is 1.64. The SMILES string of the molecule is COc1ccc(COc2cccc(-c3cnc4[nH]cc(C(=O)NC(C)C)c4n3)c2)cc1. The lowest BCUT2D eigenvalue weighted by Gasteiger charge is -2.09. The lowest BCUT2D eigenvalue weighted by molar-refractivity contribution is 0.0944. The van der Waals surface area contributed by atoms with Crippen molar-refractivity contribution >= 4 is 17.1 Å². The Kier molecular flexibility index (Phi) is 5.84. The van der Waals surface area contributed by atoms with Crippen LogP contribution in [-0.2, 0) is 6.61 Å². The molecule has 4 rings (SSSR count). The number of hydrogen-bond acceptors (Lipinski definition) is 5. The first-order chi connectivity index (χ1) is 15.0. The molecule has 0 unspecified atom stereocenters. The monoisotopic (exact) mass is 416 g/mol. The Balaban J connectivity index is 1.55. The average Bonchev–Trinajstić information content (AvgIpc) is 3.21. The molecule has 0 saturated heterocycles. The molecule has 0 atom stereocenters. The molecule has 2 aromatic carbocycles. The van der Waals surface area contributed by atoms with Crippen LogP contribution in [-0.4, -0.2) is 34.0 Å². The van der Waals surface area contributed by atoms with Crippen molar-refractivity contribution in [1.29, 1.82) is 0 Å². The van der Waals surface area contributed by atoms with Crippen molar-refractivity contribution in [2.45, 2.75) is 26.5 Å². The van der Waals surface area contributed by atoms with Gasteiger partial charge in [-0.2, -0.15) is 0 Å². The number of nitrogens with one attached hydrogen (secondary N) is 2. The van der Waals surface area contributed by atoms with E-state index in [0.29, 0.717) is 29.0 Å². The van der Waals surface area contributed by atoms with Gasteiger partial charge in [-0.25, -0.2) is 9.97 Å². The molecule has 0 fully saturated rings. The van der Waals surface area contributed by atoms with E-state index in [1.165, 1.54) is 0 Å². The van der Waals surface area contributed by atoms with Crippen LogP contribution in [0.3, 0.4) is 0 Å². The number of carbonyl (C=O) groups is 1. The zero-order valence-corrected chi connectivity index (χ0v) is 17.7. The average molecular weight is 416 g/mol. The number of methoxy groups -OCH3 is 1. The Hall–Kier alpha value is -3.87. The van der Waals surface area contributed by atoms with Crippen LogP contribution in [0.25, 0.3) is 22.4 Å². The number of hydrogen-bond donors (Lipinski definition) is 2. The molecule has 2 N–H and O–H groups in total. The summed E-state index contributed by atoms with van der Waals surface area (Å²) in [6, 6.07) is 15.5. The van der Waals surface area contributed by atoms with Crippen molar-refractivity contribution in [3.05, 3.63) is 72.1 Å². The molecule has 0 aliphatic carbocycles. The molecule has 2 aromatic heterocycles. The first kappa shape index (κ1) is 20.4. The third-order valence-corrected chi connectivity index (χ3v) is 4.74. The summed E-state index contributed by atoms with van der Waals surface area (Å²) in [6.07, 6.45) is 3.33. The van der Waals surface area contributed by atoms with E-state index in [-0.39, 0.29) is 11.9 Å². The third kappa shape index (κ3) is 4.66. The fraction of sp³-hybridized carbons (Fsp3) is 0.208. The van der Waals surface area contributed by atoms with Crippen LogP contribution in [0.2, 0.25) is 0 Å². The van der Waals surface area contributed by atoms with Crippen molar-refractivity contribution in [3.8, 4) is 22.8 Å². The third-order valence-electron chi connectivity index (χ3n) is 4.74. The van der Waals surface area contributed by atoms with Crippen LogP contribution in [0.1, 0.15) is 29.8 Å². The summed E-state index contributed by atoms with van der Waals surface area (Å²) in [4.78, 5) is 24.6. The molecule has 0 spiro atoms. The van der Waals surface area contributed by atoms with Crippen LogP contribution in [0.5, 0.6) is 11.5 Å². The van der Waals surface area contributed by atoms with E-state index in [1.807, 2.05) is 62.4 Å². The summed E-state index contributed by atoms with van der Waals surface area (Å²) in [5, 5.41) is 2.89. The van der Waals surface area contributed by atoms with Crippen LogP contribution in [0.15, 0.2) is 60.9 Å². The van der Waals surface area contributed by atoms with Gasteiger partial charge in [-0.1, -0.05) is 24.3 Å². The summed E-state index contributed by atoms with van der Waals surface area (Å²) in [5.41, 5.74) is 4.16. The highest BCUT2D eigenvalue weighted by molar-refractivity contribution is 6.04. The maximum absolute atomic E-state index is 12.5. The Morgan fingerprint density at radius 1 is 1.13 bits per heavy atom. The molecule has 4 aromatic rings. The topological polar surface area (TPSA) is 89.1 Å². The van der Waals surface area contributed by atoms with Gasteiger partial charge >= 0.3 is 0 Å². The number of amides is 1. The fourth-order valence-electron chi connectivity index (χ4n) is 3.18. The minimum atomic E-state index is -0.177. The highest BCUT2D eigenvalue weighted by Crippen LogP contribution is 2.25. The number of carbonyl (C=O) groups excluding carboxylic acids is 1. The molecule has 0 saturated carbocycles. The second kappa shape index (κ2) is 8.87.